The summed E-state index contributed by atoms with van der Waals surface area (Å²) in [6.07, 6.45) is -2.29. The monoisotopic (exact) mass is 472 g/mol. The molecule has 0 aliphatic heterocycles. The molecule has 3 N–H and O–H groups in total. The van der Waals surface area contributed by atoms with E-state index in [2.05, 4.69) is 27.9 Å². The molecular formula is C16H24F3IN4O. The number of aliphatic imine (C=N–C) groups is 1. The summed E-state index contributed by atoms with van der Waals surface area (Å²) in [4.78, 5) is 15.9. The van der Waals surface area contributed by atoms with E-state index in [4.69, 9.17) is 0 Å². The second-order valence-corrected chi connectivity index (χ2v) is 5.11. The van der Waals surface area contributed by atoms with E-state index in [1.54, 1.807) is 7.05 Å². The average Bonchev–Trinajstić information content (AvgIpc) is 2.56. The van der Waals surface area contributed by atoms with Crippen molar-refractivity contribution in [1.29, 1.82) is 0 Å². The minimum Gasteiger partial charge on any atom is -0.356 e. The van der Waals surface area contributed by atoms with E-state index in [1.807, 2.05) is 0 Å². The third kappa shape index (κ3) is 8.94. The minimum absolute atomic E-state index is 0. The van der Waals surface area contributed by atoms with Gasteiger partial charge in [-0.15, -0.1) is 24.0 Å². The van der Waals surface area contributed by atoms with Crippen molar-refractivity contribution in [2.75, 3.05) is 26.7 Å². The summed E-state index contributed by atoms with van der Waals surface area (Å²) in [6, 6.07) is 4.12. The molecule has 1 aromatic rings. The van der Waals surface area contributed by atoms with Crippen LogP contribution >= 0.6 is 24.0 Å². The molecule has 0 aliphatic carbocycles. The quantitative estimate of drug-likeness (QED) is 0.248. The van der Waals surface area contributed by atoms with Crippen LogP contribution in [0.15, 0.2) is 29.3 Å². The first kappa shape index (κ1) is 23.5. The summed E-state index contributed by atoms with van der Waals surface area (Å²) in [5.41, 5.74) is -0.587. The highest BCUT2D eigenvalue weighted by Crippen LogP contribution is 2.28. The molecule has 25 heavy (non-hydrogen) atoms. The number of nitrogens with one attached hydrogen (secondary N) is 3. The highest BCUT2D eigenvalue weighted by atomic mass is 127. The number of rotatable bonds is 7. The van der Waals surface area contributed by atoms with Crippen molar-refractivity contribution in [3.63, 3.8) is 0 Å². The second kappa shape index (κ2) is 11.9. The fourth-order valence-corrected chi connectivity index (χ4v) is 1.87. The maximum Gasteiger partial charge on any atom is 0.416 e. The van der Waals surface area contributed by atoms with E-state index >= 15 is 0 Å². The number of benzene rings is 1. The van der Waals surface area contributed by atoms with Gasteiger partial charge in [0.2, 0.25) is 0 Å². The van der Waals surface area contributed by atoms with E-state index < -0.39 is 17.6 Å². The van der Waals surface area contributed by atoms with E-state index in [9.17, 15) is 18.0 Å². The van der Waals surface area contributed by atoms with Gasteiger partial charge in [-0.05, 0) is 30.7 Å². The molecule has 0 aromatic heterocycles. The van der Waals surface area contributed by atoms with Crippen LogP contribution in [0.1, 0.15) is 35.7 Å². The molecule has 1 aromatic carbocycles. The fraction of sp³-hybridized carbons (Fsp3) is 0.500. The van der Waals surface area contributed by atoms with Crippen molar-refractivity contribution in [3.05, 3.63) is 35.4 Å². The minimum atomic E-state index is -4.40. The lowest BCUT2D eigenvalue weighted by molar-refractivity contribution is -0.137. The second-order valence-electron chi connectivity index (χ2n) is 5.11. The van der Waals surface area contributed by atoms with Crippen LogP contribution in [0.4, 0.5) is 13.2 Å². The van der Waals surface area contributed by atoms with Gasteiger partial charge in [-0.1, -0.05) is 13.3 Å². The Kier molecular flexibility index (Phi) is 11.2. The standard InChI is InChI=1S/C16H23F3N4O.HI/c1-3-4-9-22-15(20-2)23-11-10-21-14(24)12-5-7-13(8-6-12)16(17,18)19;/h5-8H,3-4,9-11H2,1-2H3,(H,21,24)(H2,20,22,23);1H. The Bertz CT molecular complexity index is 547. The summed E-state index contributed by atoms with van der Waals surface area (Å²) in [5.74, 6) is 0.228. The lowest BCUT2D eigenvalue weighted by atomic mass is 10.1. The van der Waals surface area contributed by atoms with Crippen LogP contribution in [0.5, 0.6) is 0 Å². The lowest BCUT2D eigenvalue weighted by Crippen LogP contribution is -2.41. The van der Waals surface area contributed by atoms with Gasteiger partial charge in [0, 0.05) is 32.2 Å². The molecule has 0 fully saturated rings. The number of hydrogen-bond acceptors (Lipinski definition) is 2. The van der Waals surface area contributed by atoms with E-state index in [0.717, 1.165) is 43.7 Å². The highest BCUT2D eigenvalue weighted by molar-refractivity contribution is 14.0. The number of nitrogens with zero attached hydrogens (tertiary/aromatic N) is 1. The Balaban J connectivity index is 0.00000576. The molecule has 0 saturated heterocycles. The van der Waals surface area contributed by atoms with Gasteiger partial charge in [0.05, 0.1) is 5.56 Å². The topological polar surface area (TPSA) is 65.5 Å². The maximum atomic E-state index is 12.5. The van der Waals surface area contributed by atoms with Gasteiger partial charge in [-0.2, -0.15) is 13.2 Å². The van der Waals surface area contributed by atoms with Crippen LogP contribution < -0.4 is 16.0 Å². The van der Waals surface area contributed by atoms with Crippen molar-refractivity contribution in [2.24, 2.45) is 4.99 Å². The predicted octanol–water partition coefficient (Wildman–Crippen LogP) is 3.02. The van der Waals surface area contributed by atoms with Crippen LogP contribution in [0.2, 0.25) is 0 Å². The first-order valence-corrected chi connectivity index (χ1v) is 7.78. The number of carbonyl (C=O) groups is 1. The van der Waals surface area contributed by atoms with E-state index in [-0.39, 0.29) is 29.5 Å². The zero-order valence-electron chi connectivity index (χ0n) is 14.2. The van der Waals surface area contributed by atoms with Crippen LogP contribution in [-0.4, -0.2) is 38.5 Å². The molecule has 5 nitrogen and oxygen atoms in total. The van der Waals surface area contributed by atoms with Gasteiger partial charge in [0.15, 0.2) is 5.96 Å². The molecule has 0 unspecified atom stereocenters. The maximum absolute atomic E-state index is 12.5. The van der Waals surface area contributed by atoms with Crippen molar-refractivity contribution < 1.29 is 18.0 Å². The van der Waals surface area contributed by atoms with Gasteiger partial charge >= 0.3 is 6.18 Å². The third-order valence-corrected chi connectivity index (χ3v) is 3.22. The number of hydrogen-bond donors (Lipinski definition) is 3. The highest BCUT2D eigenvalue weighted by Gasteiger charge is 2.30. The van der Waals surface area contributed by atoms with Crippen LogP contribution in [0.3, 0.4) is 0 Å². The molecule has 1 rings (SSSR count). The molecular weight excluding hydrogens is 448 g/mol. The van der Waals surface area contributed by atoms with Crippen molar-refractivity contribution in [2.45, 2.75) is 25.9 Å². The normalized spacial score (nSPS) is 11.5. The van der Waals surface area contributed by atoms with Crippen molar-refractivity contribution >= 4 is 35.8 Å². The number of amides is 1. The predicted molar refractivity (Wildman–Crippen MR) is 103 cm³/mol. The lowest BCUT2D eigenvalue weighted by Gasteiger charge is -2.12. The molecule has 142 valence electrons. The number of unbranched alkanes of at least 4 members (excludes halogenated alkanes) is 1. The smallest absolute Gasteiger partial charge is 0.356 e. The molecule has 0 atom stereocenters. The first-order chi connectivity index (χ1) is 11.4. The zero-order valence-corrected chi connectivity index (χ0v) is 16.6. The molecule has 9 heteroatoms. The molecule has 0 saturated carbocycles. The summed E-state index contributed by atoms with van der Waals surface area (Å²) < 4.78 is 37.4. The Hall–Kier alpha value is -1.52. The Morgan fingerprint density at radius 2 is 1.60 bits per heavy atom. The molecule has 0 heterocycles. The third-order valence-electron chi connectivity index (χ3n) is 3.22. The van der Waals surface area contributed by atoms with Gasteiger partial charge < -0.3 is 16.0 Å². The van der Waals surface area contributed by atoms with Gasteiger partial charge in [-0.25, -0.2) is 0 Å². The fourth-order valence-electron chi connectivity index (χ4n) is 1.87. The largest absolute Gasteiger partial charge is 0.416 e. The van der Waals surface area contributed by atoms with Crippen molar-refractivity contribution in [1.82, 2.24) is 16.0 Å². The SMILES string of the molecule is CCCCNC(=NC)NCCNC(=O)c1ccc(C(F)(F)F)cc1.I. The molecule has 0 bridgehead atoms. The molecule has 1 amide bonds. The Morgan fingerprint density at radius 1 is 1.04 bits per heavy atom. The number of carbonyl (C=O) groups excluding carboxylic acids is 1. The summed E-state index contributed by atoms with van der Waals surface area (Å²) in [6.45, 7) is 3.69. The Morgan fingerprint density at radius 3 is 2.12 bits per heavy atom. The molecule has 0 radical (unpaired) electrons. The summed E-state index contributed by atoms with van der Waals surface area (Å²) >= 11 is 0. The number of halogens is 4. The summed E-state index contributed by atoms with van der Waals surface area (Å²) in [5, 5.41) is 8.81. The van der Waals surface area contributed by atoms with E-state index in [1.165, 1.54) is 0 Å². The van der Waals surface area contributed by atoms with Crippen LogP contribution in [0.25, 0.3) is 0 Å². The zero-order chi connectivity index (χ0) is 18.0. The van der Waals surface area contributed by atoms with Crippen LogP contribution in [-0.2, 0) is 6.18 Å². The van der Waals surface area contributed by atoms with Gasteiger partial charge in [0.25, 0.3) is 5.91 Å². The Labute approximate surface area is 162 Å². The average molecular weight is 472 g/mol. The summed E-state index contributed by atoms with van der Waals surface area (Å²) in [7, 11) is 1.65. The number of alkyl halides is 3. The van der Waals surface area contributed by atoms with Crippen molar-refractivity contribution in [3.8, 4) is 0 Å². The van der Waals surface area contributed by atoms with Crippen LogP contribution in [0, 0.1) is 0 Å². The van der Waals surface area contributed by atoms with E-state index in [0.29, 0.717) is 19.0 Å². The molecule has 0 aliphatic rings. The van der Waals surface area contributed by atoms with Gasteiger partial charge in [-0.3, -0.25) is 9.79 Å². The van der Waals surface area contributed by atoms with Gasteiger partial charge in [0.1, 0.15) is 0 Å². The first-order valence-electron chi connectivity index (χ1n) is 7.78. The number of guanidine groups is 1. The molecule has 0 spiro atoms.